The summed E-state index contributed by atoms with van der Waals surface area (Å²) in [6.45, 7) is 25.2. The number of hydrogen-bond donors (Lipinski definition) is 0. The van der Waals surface area contributed by atoms with E-state index in [4.69, 9.17) is 0 Å². The van der Waals surface area contributed by atoms with Crippen LogP contribution in [0.4, 0.5) is 0 Å². The summed E-state index contributed by atoms with van der Waals surface area (Å²) in [5.41, 5.74) is 3.32. The normalized spacial score (nSPS) is 10.1. The first kappa shape index (κ1) is 24.9. The van der Waals surface area contributed by atoms with Crippen molar-refractivity contribution < 1.29 is 0 Å². The summed E-state index contributed by atoms with van der Waals surface area (Å²) in [6, 6.07) is 0. The summed E-state index contributed by atoms with van der Waals surface area (Å²) in [7, 11) is 0. The van der Waals surface area contributed by atoms with Crippen molar-refractivity contribution in [2.24, 2.45) is 4.99 Å². The maximum Gasteiger partial charge on any atom is 0.0404 e. The van der Waals surface area contributed by atoms with Crippen LogP contribution in [0.5, 0.6) is 0 Å². The van der Waals surface area contributed by atoms with Crippen LogP contribution < -0.4 is 0 Å². The fraction of sp³-hybridized carbons (Fsp3) is 0.562. The second-order valence-corrected chi connectivity index (χ2v) is 2.41. The van der Waals surface area contributed by atoms with E-state index in [9.17, 15) is 0 Å². The highest BCUT2D eigenvalue weighted by Gasteiger charge is 1.95. The van der Waals surface area contributed by atoms with E-state index in [0.29, 0.717) is 0 Å². The highest BCUT2D eigenvalue weighted by atomic mass is 14.7. The molecule has 0 aromatic heterocycles. The third kappa shape index (κ3) is 17.5. The molecule has 0 saturated carbocycles. The number of allylic oxidation sites excluding steroid dienone is 3. The standard InChI is InChI=1S/C10H15N.3C2H6/c1-6-8(3)9(4)10(5)11-7-2;3*1-2/h6-7H,1-2H2,3-5H3;3*1-2H3/b9-8-,11-10?;;;. The highest BCUT2D eigenvalue weighted by molar-refractivity contribution is 5.98. The summed E-state index contributed by atoms with van der Waals surface area (Å²) in [5.74, 6) is 0. The van der Waals surface area contributed by atoms with E-state index in [1.54, 1.807) is 6.20 Å². The van der Waals surface area contributed by atoms with Crippen molar-refractivity contribution in [1.82, 2.24) is 0 Å². The molecule has 1 nitrogen and oxygen atoms in total. The maximum atomic E-state index is 4.07. The van der Waals surface area contributed by atoms with Crippen LogP contribution in [0.3, 0.4) is 0 Å². The zero-order valence-corrected chi connectivity index (χ0v) is 13.5. The predicted octanol–water partition coefficient (Wildman–Crippen LogP) is 6.19. The Bertz CT molecular complexity index is 220. The van der Waals surface area contributed by atoms with Crippen LogP contribution in [0.2, 0.25) is 0 Å². The first-order chi connectivity index (χ1) is 8.13. The molecule has 0 heterocycles. The van der Waals surface area contributed by atoms with Crippen molar-refractivity contribution in [2.75, 3.05) is 0 Å². The van der Waals surface area contributed by atoms with Crippen LogP contribution in [0.25, 0.3) is 0 Å². The van der Waals surface area contributed by atoms with E-state index in [1.165, 1.54) is 5.57 Å². The Balaban J connectivity index is -0.000000121. The van der Waals surface area contributed by atoms with Crippen molar-refractivity contribution in [3.8, 4) is 0 Å². The Kier molecular flexibility index (Phi) is 35.5. The van der Waals surface area contributed by atoms with E-state index in [0.717, 1.165) is 11.3 Å². The monoisotopic (exact) mass is 239 g/mol. The molecule has 0 aromatic carbocycles. The lowest BCUT2D eigenvalue weighted by atomic mass is 10.1. The van der Waals surface area contributed by atoms with Crippen LogP contribution in [-0.4, -0.2) is 5.71 Å². The lowest BCUT2D eigenvalue weighted by Crippen LogP contribution is -1.94. The van der Waals surface area contributed by atoms with Crippen LogP contribution >= 0.6 is 0 Å². The molecule has 17 heavy (non-hydrogen) atoms. The average molecular weight is 239 g/mol. The van der Waals surface area contributed by atoms with Gasteiger partial charge in [0.1, 0.15) is 0 Å². The minimum absolute atomic E-state index is 0.998. The minimum atomic E-state index is 0.998. The third-order valence-corrected chi connectivity index (χ3v) is 1.73. The average Bonchev–Trinajstić information content (AvgIpc) is 2.44. The molecule has 0 radical (unpaired) electrons. The van der Waals surface area contributed by atoms with Gasteiger partial charge < -0.3 is 0 Å². The molecular weight excluding hydrogens is 206 g/mol. The predicted molar refractivity (Wildman–Crippen MR) is 85.9 cm³/mol. The SMILES string of the molecule is C=CN=C(C)/C(C)=C(/C)C=C.CC.CC.CC. The Labute approximate surface area is 110 Å². The van der Waals surface area contributed by atoms with Crippen molar-refractivity contribution >= 4 is 5.71 Å². The molecule has 0 atom stereocenters. The lowest BCUT2D eigenvalue weighted by molar-refractivity contribution is 1.38. The smallest absolute Gasteiger partial charge is 0.0404 e. The fourth-order valence-electron chi connectivity index (χ4n) is 0.672. The highest BCUT2D eigenvalue weighted by Crippen LogP contribution is 2.06. The second-order valence-electron chi connectivity index (χ2n) is 2.41. The van der Waals surface area contributed by atoms with Crippen molar-refractivity contribution in [3.63, 3.8) is 0 Å². The van der Waals surface area contributed by atoms with Gasteiger partial charge in [0.2, 0.25) is 0 Å². The molecule has 102 valence electrons. The first-order valence-corrected chi connectivity index (χ1v) is 6.59. The zero-order chi connectivity index (χ0) is 14.9. The van der Waals surface area contributed by atoms with E-state index < -0.39 is 0 Å². The molecule has 0 aliphatic rings. The summed E-state index contributed by atoms with van der Waals surface area (Å²) in [6.07, 6.45) is 3.38. The summed E-state index contributed by atoms with van der Waals surface area (Å²) in [5, 5.41) is 0. The molecule has 0 unspecified atom stereocenters. The molecule has 0 fully saturated rings. The number of aliphatic imine (C=N–C) groups is 1. The molecule has 0 saturated heterocycles. The Morgan fingerprint density at radius 2 is 1.18 bits per heavy atom. The molecule has 0 aromatic rings. The molecule has 0 bridgehead atoms. The van der Waals surface area contributed by atoms with E-state index in [2.05, 4.69) is 18.2 Å². The Morgan fingerprint density at radius 3 is 1.41 bits per heavy atom. The van der Waals surface area contributed by atoms with Gasteiger partial charge in [-0.3, -0.25) is 4.99 Å². The molecule has 0 aliphatic carbocycles. The van der Waals surface area contributed by atoms with Gasteiger partial charge in [-0.25, -0.2) is 0 Å². The molecular formula is C16H33N. The third-order valence-electron chi connectivity index (χ3n) is 1.73. The molecule has 0 spiro atoms. The van der Waals surface area contributed by atoms with Gasteiger partial charge in [0.05, 0.1) is 0 Å². The van der Waals surface area contributed by atoms with E-state index in [1.807, 2.05) is 68.4 Å². The Morgan fingerprint density at radius 1 is 0.824 bits per heavy atom. The number of rotatable bonds is 3. The van der Waals surface area contributed by atoms with Gasteiger partial charge in [-0.2, -0.15) is 0 Å². The largest absolute Gasteiger partial charge is 0.262 e. The van der Waals surface area contributed by atoms with Gasteiger partial charge in [-0.15, -0.1) is 0 Å². The first-order valence-electron chi connectivity index (χ1n) is 6.59. The van der Waals surface area contributed by atoms with Crippen molar-refractivity contribution in [1.29, 1.82) is 0 Å². The van der Waals surface area contributed by atoms with Crippen molar-refractivity contribution in [3.05, 3.63) is 36.6 Å². The number of nitrogens with zero attached hydrogens (tertiary/aromatic N) is 1. The van der Waals surface area contributed by atoms with Crippen molar-refractivity contribution in [2.45, 2.75) is 62.3 Å². The fourth-order valence-corrected chi connectivity index (χ4v) is 0.672. The topological polar surface area (TPSA) is 12.4 Å². The van der Waals surface area contributed by atoms with Crippen LogP contribution in [0.1, 0.15) is 62.3 Å². The van der Waals surface area contributed by atoms with Gasteiger partial charge in [0, 0.05) is 11.9 Å². The molecule has 0 amide bonds. The van der Waals surface area contributed by atoms with Gasteiger partial charge in [0.25, 0.3) is 0 Å². The Hall–Kier alpha value is -1.11. The summed E-state index contributed by atoms with van der Waals surface area (Å²) >= 11 is 0. The molecule has 0 rings (SSSR count). The second kappa shape index (κ2) is 24.2. The van der Waals surface area contributed by atoms with Crippen LogP contribution in [0.15, 0.2) is 41.6 Å². The van der Waals surface area contributed by atoms with Gasteiger partial charge >= 0.3 is 0 Å². The molecule has 0 aliphatic heterocycles. The van der Waals surface area contributed by atoms with Gasteiger partial charge in [0.15, 0.2) is 0 Å². The van der Waals surface area contributed by atoms with Crippen LogP contribution in [-0.2, 0) is 0 Å². The molecule has 1 heteroatoms. The van der Waals surface area contributed by atoms with Gasteiger partial charge in [-0.05, 0) is 31.9 Å². The zero-order valence-electron chi connectivity index (χ0n) is 13.5. The number of hydrogen-bond acceptors (Lipinski definition) is 1. The minimum Gasteiger partial charge on any atom is -0.262 e. The quantitative estimate of drug-likeness (QED) is 0.411. The maximum absolute atomic E-state index is 4.07. The van der Waals surface area contributed by atoms with E-state index >= 15 is 0 Å². The van der Waals surface area contributed by atoms with Crippen LogP contribution in [0, 0.1) is 0 Å². The molecule has 0 N–H and O–H groups in total. The van der Waals surface area contributed by atoms with Gasteiger partial charge in [-0.1, -0.05) is 60.8 Å². The van der Waals surface area contributed by atoms with E-state index in [-0.39, 0.29) is 0 Å². The lowest BCUT2D eigenvalue weighted by Gasteiger charge is -2.01. The summed E-state index contributed by atoms with van der Waals surface area (Å²) in [4.78, 5) is 4.07. The summed E-state index contributed by atoms with van der Waals surface area (Å²) < 4.78 is 0.